The van der Waals surface area contributed by atoms with Crippen molar-refractivity contribution in [3.05, 3.63) is 116 Å². The maximum Gasteiger partial charge on any atom is 0.270 e. The van der Waals surface area contributed by atoms with Gasteiger partial charge in [-0.25, -0.2) is 0 Å². The number of nitro benzene ring substituents is 2. The van der Waals surface area contributed by atoms with Crippen molar-refractivity contribution in [1.82, 2.24) is 30.4 Å². The molecular weight excluding hydrogens is 765 g/mol. The molecule has 57 heavy (non-hydrogen) atoms. The van der Waals surface area contributed by atoms with Gasteiger partial charge >= 0.3 is 0 Å². The van der Waals surface area contributed by atoms with E-state index in [1.807, 2.05) is 0 Å². The summed E-state index contributed by atoms with van der Waals surface area (Å²) >= 11 is 0. The molecule has 0 saturated heterocycles. The predicted octanol–water partition coefficient (Wildman–Crippen LogP) is 3.48. The van der Waals surface area contributed by atoms with Crippen molar-refractivity contribution in [3.63, 3.8) is 0 Å². The molecule has 6 aromatic rings. The fourth-order valence-corrected chi connectivity index (χ4v) is 7.06. The van der Waals surface area contributed by atoms with Crippen molar-refractivity contribution < 1.29 is 42.0 Å². The topological polar surface area (TPSA) is 265 Å². The number of hydrogen-bond donors (Lipinski definition) is 3. The molecule has 0 saturated carbocycles. The smallest absolute Gasteiger partial charge is 0.270 e. The molecule has 4 amide bonds. The second-order valence-corrected chi connectivity index (χ2v) is 14.6. The highest BCUT2D eigenvalue weighted by Crippen LogP contribution is 2.39. The van der Waals surface area contributed by atoms with Gasteiger partial charge in [-0.05, 0) is 35.0 Å². The summed E-state index contributed by atoms with van der Waals surface area (Å²) in [4.78, 5) is 87.2. The Balaban J connectivity index is 0.000000935. The van der Waals surface area contributed by atoms with Crippen LogP contribution >= 0.6 is 0 Å². The molecule has 8 rings (SSSR count). The predicted molar refractivity (Wildman–Crippen MR) is 206 cm³/mol. The van der Waals surface area contributed by atoms with Crippen LogP contribution in [0, 0.1) is 20.2 Å². The van der Waals surface area contributed by atoms with Gasteiger partial charge in [-0.3, -0.25) is 63.7 Å². The number of carbonyl (C=O) groups is 4. The maximum atomic E-state index is 13.5. The quantitative estimate of drug-likeness (QED) is 0.0423. The molecule has 19 nitrogen and oxygen atoms in total. The van der Waals surface area contributed by atoms with Crippen LogP contribution in [0.5, 0.6) is 0 Å². The highest BCUT2D eigenvalue weighted by Gasteiger charge is 2.36. The standard InChI is InChI=1S/C36H26N8O8.CH4O3S/c45-33-25-15-19(43(49)50)13-23-21-3-1-5-39-29(21)17-27(31(23)25)35(47)41(33)11-9-37-7-8-38-10-12-42-34(46)26-16-20(44(51)52)14-24-22-4-2-6-40-30(22)18-28(32(24)26)36(42)48;1-5(2,3)4/h1-6,13-18,37-38H,7-12H2;1H3,(H,2,3,4). The van der Waals surface area contributed by atoms with Gasteiger partial charge in [0.2, 0.25) is 0 Å². The van der Waals surface area contributed by atoms with Crippen LogP contribution in [0.1, 0.15) is 41.4 Å². The zero-order chi connectivity index (χ0) is 40.8. The van der Waals surface area contributed by atoms with Gasteiger partial charge < -0.3 is 10.6 Å². The van der Waals surface area contributed by atoms with Gasteiger partial charge in [0.05, 0.1) is 49.4 Å². The van der Waals surface area contributed by atoms with Gasteiger partial charge in [0.15, 0.2) is 0 Å². The van der Waals surface area contributed by atoms with Crippen LogP contribution in [0.4, 0.5) is 11.4 Å². The van der Waals surface area contributed by atoms with Crippen molar-refractivity contribution in [3.8, 4) is 0 Å². The molecule has 2 aliphatic heterocycles. The second-order valence-electron chi connectivity index (χ2n) is 13.1. The van der Waals surface area contributed by atoms with E-state index in [-0.39, 0.29) is 59.8 Å². The van der Waals surface area contributed by atoms with Crippen LogP contribution in [0.15, 0.2) is 73.1 Å². The van der Waals surface area contributed by atoms with E-state index in [1.165, 1.54) is 24.3 Å². The Morgan fingerprint density at radius 2 is 0.965 bits per heavy atom. The van der Waals surface area contributed by atoms with Gasteiger partial charge in [0.1, 0.15) is 0 Å². The molecule has 0 fully saturated rings. The van der Waals surface area contributed by atoms with Crippen molar-refractivity contribution in [2.75, 3.05) is 45.5 Å². The third kappa shape index (κ3) is 7.32. The molecule has 290 valence electrons. The van der Waals surface area contributed by atoms with E-state index in [0.717, 1.165) is 9.80 Å². The molecule has 0 radical (unpaired) electrons. The first-order chi connectivity index (χ1) is 27.1. The van der Waals surface area contributed by atoms with Gasteiger partial charge in [0.25, 0.3) is 45.1 Å². The van der Waals surface area contributed by atoms with E-state index in [0.29, 0.717) is 62.7 Å². The fraction of sp³-hybridized carbons (Fsp3) is 0.189. The van der Waals surface area contributed by atoms with Crippen molar-refractivity contribution in [2.24, 2.45) is 0 Å². The molecule has 0 aliphatic carbocycles. The van der Waals surface area contributed by atoms with Crippen LogP contribution in [-0.2, 0) is 10.1 Å². The molecule has 0 bridgehead atoms. The normalized spacial score (nSPS) is 13.8. The number of nitrogens with zero attached hydrogens (tertiary/aromatic N) is 6. The number of hydrogen-bond acceptors (Lipinski definition) is 14. The maximum absolute atomic E-state index is 13.5. The fourth-order valence-electron chi connectivity index (χ4n) is 7.06. The molecule has 0 atom stereocenters. The summed E-state index contributed by atoms with van der Waals surface area (Å²) in [6.45, 7) is 1.25. The number of benzene rings is 4. The lowest BCUT2D eigenvalue weighted by Crippen LogP contribution is -2.45. The van der Waals surface area contributed by atoms with Crippen molar-refractivity contribution >= 4 is 88.5 Å². The zero-order valence-electron chi connectivity index (χ0n) is 29.8. The highest BCUT2D eigenvalue weighted by molar-refractivity contribution is 7.85. The minimum absolute atomic E-state index is 0.00103. The van der Waals surface area contributed by atoms with Crippen LogP contribution in [-0.4, -0.2) is 112 Å². The number of aromatic nitrogens is 2. The Morgan fingerprint density at radius 1 is 0.614 bits per heavy atom. The molecule has 3 N–H and O–H groups in total. The second kappa shape index (κ2) is 15.0. The van der Waals surface area contributed by atoms with E-state index in [9.17, 15) is 47.8 Å². The van der Waals surface area contributed by atoms with Crippen LogP contribution in [0.2, 0.25) is 0 Å². The summed E-state index contributed by atoms with van der Waals surface area (Å²) in [5.41, 5.74) is 1.06. The molecule has 20 heteroatoms. The first-order valence-corrected chi connectivity index (χ1v) is 19.0. The summed E-state index contributed by atoms with van der Waals surface area (Å²) in [5, 5.41) is 32.5. The number of nitrogens with one attached hydrogen (secondary N) is 2. The average molecular weight is 795 g/mol. The van der Waals surface area contributed by atoms with E-state index < -0.39 is 43.6 Å². The van der Waals surface area contributed by atoms with E-state index >= 15 is 0 Å². The van der Waals surface area contributed by atoms with Crippen LogP contribution in [0.25, 0.3) is 43.4 Å². The van der Waals surface area contributed by atoms with Crippen molar-refractivity contribution in [2.45, 2.75) is 0 Å². The lowest BCUT2D eigenvalue weighted by Gasteiger charge is -2.28. The lowest BCUT2D eigenvalue weighted by atomic mass is 9.91. The van der Waals surface area contributed by atoms with Gasteiger partial charge in [0, 0.05) is 97.5 Å². The van der Waals surface area contributed by atoms with E-state index in [1.54, 1.807) is 48.8 Å². The SMILES string of the molecule is CS(=O)(=O)O.O=C1c2cc([N+](=O)[O-])cc3c2c(cc2ncccc23)C(=O)N1CCNCCNCCN1C(=O)c2cc([N+](=O)[O-])cc3c2c(cc2ncccc23)C1=O. The number of pyridine rings is 2. The van der Waals surface area contributed by atoms with Crippen molar-refractivity contribution in [1.29, 1.82) is 0 Å². The zero-order valence-corrected chi connectivity index (χ0v) is 30.6. The number of fused-ring (bicyclic) bond motifs is 4. The minimum atomic E-state index is -3.67. The Bertz CT molecular complexity index is 2680. The summed E-state index contributed by atoms with van der Waals surface area (Å²) in [6, 6.07) is 15.2. The third-order valence-corrected chi connectivity index (χ3v) is 9.43. The number of nitro groups is 2. The Hall–Kier alpha value is -6.87. The molecule has 0 spiro atoms. The number of non-ortho nitro benzene ring substituents is 2. The molecule has 2 aliphatic rings. The van der Waals surface area contributed by atoms with E-state index in [2.05, 4.69) is 20.6 Å². The third-order valence-electron chi connectivity index (χ3n) is 9.43. The summed E-state index contributed by atoms with van der Waals surface area (Å²) in [7, 11) is -3.67. The highest BCUT2D eigenvalue weighted by atomic mass is 32.2. The number of imide groups is 2. The Morgan fingerprint density at radius 3 is 1.32 bits per heavy atom. The van der Waals surface area contributed by atoms with Gasteiger partial charge in [-0.1, -0.05) is 12.1 Å². The molecule has 4 aromatic carbocycles. The number of amides is 4. The molecule has 4 heterocycles. The molecule has 2 aromatic heterocycles. The largest absolute Gasteiger partial charge is 0.314 e. The van der Waals surface area contributed by atoms with Crippen LogP contribution in [0.3, 0.4) is 0 Å². The summed E-state index contributed by atoms with van der Waals surface area (Å²) < 4.78 is 25.9. The monoisotopic (exact) mass is 794 g/mol. The number of carbonyl (C=O) groups excluding carboxylic acids is 4. The lowest BCUT2D eigenvalue weighted by molar-refractivity contribution is -0.384. The van der Waals surface area contributed by atoms with Crippen LogP contribution < -0.4 is 10.6 Å². The Labute approximate surface area is 321 Å². The first kappa shape index (κ1) is 38.4. The van der Waals surface area contributed by atoms with E-state index in [4.69, 9.17) is 4.55 Å². The average Bonchev–Trinajstić information content (AvgIpc) is 3.17. The molecular formula is C37H30N8O11S. The van der Waals surface area contributed by atoms with Gasteiger partial charge in [-0.2, -0.15) is 8.42 Å². The van der Waals surface area contributed by atoms with Gasteiger partial charge in [-0.15, -0.1) is 0 Å². The number of rotatable bonds is 11. The summed E-state index contributed by atoms with van der Waals surface area (Å²) in [6.07, 6.45) is 3.83. The Kier molecular flexibility index (Phi) is 10.1. The minimum Gasteiger partial charge on any atom is -0.314 e. The first-order valence-electron chi connectivity index (χ1n) is 17.2. The molecule has 0 unspecified atom stereocenters. The summed E-state index contributed by atoms with van der Waals surface area (Å²) in [5.74, 6) is -2.30.